The average Bonchev–Trinajstić information content (AvgIpc) is 2.36. The summed E-state index contributed by atoms with van der Waals surface area (Å²) < 4.78 is 30.9. The number of hydrogen-bond acceptors (Lipinski definition) is 3. The van der Waals surface area contributed by atoms with Crippen molar-refractivity contribution in [1.29, 1.82) is 0 Å². The van der Waals surface area contributed by atoms with Gasteiger partial charge in [-0.3, -0.25) is 4.18 Å². The Labute approximate surface area is 135 Å². The highest BCUT2D eigenvalue weighted by Gasteiger charge is 2.15. The van der Waals surface area contributed by atoms with Gasteiger partial charge in [0.05, 0.1) is 11.5 Å². The normalized spacial score (nSPS) is 11.6. The van der Waals surface area contributed by atoms with Crippen LogP contribution in [-0.2, 0) is 20.9 Å². The summed E-state index contributed by atoms with van der Waals surface area (Å²) >= 11 is 6.70. The fourth-order valence-electron chi connectivity index (χ4n) is 1.61. The van der Waals surface area contributed by atoms with E-state index in [-0.39, 0.29) is 11.5 Å². The summed E-state index contributed by atoms with van der Waals surface area (Å²) in [6.07, 6.45) is 0. The van der Waals surface area contributed by atoms with Crippen molar-refractivity contribution >= 4 is 42.0 Å². The first kappa shape index (κ1) is 15.7. The predicted octanol–water partition coefficient (Wildman–Crippen LogP) is 4.43. The van der Waals surface area contributed by atoms with Crippen LogP contribution in [0.5, 0.6) is 0 Å². The molecule has 0 unspecified atom stereocenters. The van der Waals surface area contributed by atoms with E-state index in [1.807, 2.05) is 25.1 Å². The maximum atomic E-state index is 12.0. The smallest absolute Gasteiger partial charge is 0.262 e. The van der Waals surface area contributed by atoms with Gasteiger partial charge < -0.3 is 0 Å². The minimum atomic E-state index is -3.73. The Kier molecular flexibility index (Phi) is 5.01. The van der Waals surface area contributed by atoms with E-state index < -0.39 is 10.1 Å². The van der Waals surface area contributed by atoms with Gasteiger partial charge in [0.25, 0.3) is 10.1 Å². The van der Waals surface area contributed by atoms with E-state index in [1.54, 1.807) is 24.3 Å². The van der Waals surface area contributed by atoms with Gasteiger partial charge in [0.1, 0.15) is 0 Å². The van der Waals surface area contributed by atoms with Gasteiger partial charge >= 0.3 is 0 Å². The van der Waals surface area contributed by atoms with Gasteiger partial charge in [-0.2, -0.15) is 8.42 Å². The van der Waals surface area contributed by atoms with E-state index in [2.05, 4.69) is 31.9 Å². The Morgan fingerprint density at radius 2 is 1.55 bits per heavy atom. The van der Waals surface area contributed by atoms with Gasteiger partial charge in [0.15, 0.2) is 0 Å². The van der Waals surface area contributed by atoms with E-state index in [9.17, 15) is 8.42 Å². The molecule has 0 amide bonds. The molecule has 0 aliphatic carbocycles. The number of halogens is 2. The topological polar surface area (TPSA) is 43.4 Å². The summed E-state index contributed by atoms with van der Waals surface area (Å²) in [6.45, 7) is 1.89. The quantitative estimate of drug-likeness (QED) is 0.688. The monoisotopic (exact) mass is 418 g/mol. The third-order valence-corrected chi connectivity index (χ3v) is 4.81. The van der Waals surface area contributed by atoms with E-state index in [0.29, 0.717) is 0 Å². The minimum absolute atomic E-state index is 0.00570. The van der Waals surface area contributed by atoms with Crippen LogP contribution in [0.3, 0.4) is 0 Å². The number of hydrogen-bond donors (Lipinski definition) is 0. The Morgan fingerprint density at radius 1 is 1.00 bits per heavy atom. The van der Waals surface area contributed by atoms with Crippen LogP contribution in [-0.4, -0.2) is 8.42 Å². The molecule has 106 valence electrons. The third kappa shape index (κ3) is 4.15. The van der Waals surface area contributed by atoms with Gasteiger partial charge in [-0.25, -0.2) is 0 Å². The molecule has 0 heterocycles. The number of rotatable bonds is 4. The van der Waals surface area contributed by atoms with Crippen LogP contribution in [0.1, 0.15) is 11.1 Å². The van der Waals surface area contributed by atoms with Crippen LogP contribution in [0.2, 0.25) is 0 Å². The third-order valence-electron chi connectivity index (χ3n) is 2.61. The van der Waals surface area contributed by atoms with E-state index >= 15 is 0 Å². The molecule has 0 saturated heterocycles. The standard InChI is InChI=1S/C14H12Br2O3S/c1-10-2-4-14(5-3-10)20(17,18)19-9-11-6-12(15)8-13(16)7-11/h2-8H,9H2,1H3. The summed E-state index contributed by atoms with van der Waals surface area (Å²) in [5.41, 5.74) is 1.77. The van der Waals surface area contributed by atoms with Crippen molar-refractivity contribution in [3.05, 3.63) is 62.5 Å². The van der Waals surface area contributed by atoms with Gasteiger partial charge in [0, 0.05) is 8.95 Å². The molecule has 0 N–H and O–H groups in total. The lowest BCUT2D eigenvalue weighted by Crippen LogP contribution is -2.06. The molecule has 2 aromatic carbocycles. The summed E-state index contributed by atoms with van der Waals surface area (Å²) in [6, 6.07) is 12.1. The molecule has 20 heavy (non-hydrogen) atoms. The van der Waals surface area contributed by atoms with E-state index in [0.717, 1.165) is 20.1 Å². The van der Waals surface area contributed by atoms with Gasteiger partial charge in [-0.15, -0.1) is 0 Å². The van der Waals surface area contributed by atoms with Crippen molar-refractivity contribution in [2.75, 3.05) is 0 Å². The lowest BCUT2D eigenvalue weighted by molar-refractivity contribution is 0.308. The molecule has 2 aromatic rings. The van der Waals surface area contributed by atoms with Crippen LogP contribution < -0.4 is 0 Å². The SMILES string of the molecule is Cc1ccc(S(=O)(=O)OCc2cc(Br)cc(Br)c2)cc1. The van der Waals surface area contributed by atoms with Crippen molar-refractivity contribution in [3.8, 4) is 0 Å². The second-order valence-corrected chi connectivity index (χ2v) is 7.75. The van der Waals surface area contributed by atoms with Crippen LogP contribution in [0.15, 0.2) is 56.3 Å². The molecule has 0 aromatic heterocycles. The first-order valence-corrected chi connectivity index (χ1v) is 8.77. The van der Waals surface area contributed by atoms with E-state index in [4.69, 9.17) is 4.18 Å². The highest BCUT2D eigenvalue weighted by molar-refractivity contribution is 9.11. The predicted molar refractivity (Wildman–Crippen MR) is 85.0 cm³/mol. The largest absolute Gasteiger partial charge is 0.297 e. The molecule has 0 aliphatic heterocycles. The highest BCUT2D eigenvalue weighted by atomic mass is 79.9. The summed E-state index contributed by atoms with van der Waals surface area (Å²) in [5.74, 6) is 0. The molecule has 2 rings (SSSR count). The zero-order valence-electron chi connectivity index (χ0n) is 10.6. The number of benzene rings is 2. The van der Waals surface area contributed by atoms with Crippen LogP contribution >= 0.6 is 31.9 Å². The van der Waals surface area contributed by atoms with Crippen molar-refractivity contribution < 1.29 is 12.6 Å². The van der Waals surface area contributed by atoms with Gasteiger partial charge in [0.2, 0.25) is 0 Å². The molecular formula is C14H12Br2O3S. The fraction of sp³-hybridized carbons (Fsp3) is 0.143. The van der Waals surface area contributed by atoms with Crippen LogP contribution in [0.25, 0.3) is 0 Å². The zero-order valence-corrected chi connectivity index (χ0v) is 14.6. The van der Waals surface area contributed by atoms with Crippen molar-refractivity contribution in [3.63, 3.8) is 0 Å². The molecule has 0 saturated carbocycles. The molecule has 0 aliphatic rings. The molecular weight excluding hydrogens is 408 g/mol. The molecule has 0 radical (unpaired) electrons. The molecule has 0 spiro atoms. The van der Waals surface area contributed by atoms with Crippen LogP contribution in [0, 0.1) is 6.92 Å². The lowest BCUT2D eigenvalue weighted by Gasteiger charge is -2.07. The second kappa shape index (κ2) is 6.39. The lowest BCUT2D eigenvalue weighted by atomic mass is 10.2. The molecule has 6 heteroatoms. The van der Waals surface area contributed by atoms with Crippen molar-refractivity contribution in [2.24, 2.45) is 0 Å². The fourth-order valence-corrected chi connectivity index (χ4v) is 3.90. The van der Waals surface area contributed by atoms with Gasteiger partial charge in [-0.1, -0.05) is 49.6 Å². The molecule has 3 nitrogen and oxygen atoms in total. The van der Waals surface area contributed by atoms with E-state index in [1.165, 1.54) is 0 Å². The number of aryl methyl sites for hydroxylation is 1. The summed E-state index contributed by atoms with van der Waals surface area (Å²) in [5, 5.41) is 0. The first-order chi connectivity index (χ1) is 9.37. The maximum absolute atomic E-state index is 12.0. The Bertz CT molecular complexity index is 689. The Balaban J connectivity index is 2.15. The Hall–Kier alpha value is -0.690. The first-order valence-electron chi connectivity index (χ1n) is 5.78. The summed E-state index contributed by atoms with van der Waals surface area (Å²) in [4.78, 5) is 0.164. The Morgan fingerprint density at radius 3 is 2.10 bits per heavy atom. The highest BCUT2D eigenvalue weighted by Crippen LogP contribution is 2.22. The molecule has 0 atom stereocenters. The van der Waals surface area contributed by atoms with Gasteiger partial charge in [-0.05, 0) is 42.8 Å². The van der Waals surface area contributed by atoms with Crippen molar-refractivity contribution in [2.45, 2.75) is 18.4 Å². The molecule has 0 bridgehead atoms. The summed E-state index contributed by atoms with van der Waals surface area (Å²) in [7, 11) is -3.73. The maximum Gasteiger partial charge on any atom is 0.297 e. The molecule has 0 fully saturated rings. The average molecular weight is 420 g/mol. The minimum Gasteiger partial charge on any atom is -0.262 e. The van der Waals surface area contributed by atoms with Crippen LogP contribution in [0.4, 0.5) is 0 Å². The van der Waals surface area contributed by atoms with Crippen molar-refractivity contribution in [1.82, 2.24) is 0 Å². The second-order valence-electron chi connectivity index (χ2n) is 4.31. The zero-order chi connectivity index (χ0) is 14.8.